The molecule has 0 rings (SSSR count). The molecule has 0 aromatic rings. The number of hydrogen-bond donors (Lipinski definition) is 2. The summed E-state index contributed by atoms with van der Waals surface area (Å²) in [7, 11) is 3.89. The largest absolute Gasteiger partial charge is 0.369 e. The number of amides is 2. The van der Waals surface area contributed by atoms with Crippen LogP contribution in [0.4, 0.5) is 0 Å². The minimum atomic E-state index is -0.351. The maximum atomic E-state index is 11.3. The third-order valence-corrected chi connectivity index (χ3v) is 2.17. The van der Waals surface area contributed by atoms with Gasteiger partial charge in [-0.2, -0.15) is 0 Å². The molecule has 0 aromatic heterocycles. The highest BCUT2D eigenvalue weighted by Crippen LogP contribution is 2.03. The lowest BCUT2D eigenvalue weighted by Crippen LogP contribution is -2.32. The summed E-state index contributed by atoms with van der Waals surface area (Å²) in [6, 6.07) is 0. The number of carbonyl (C=O) groups excluding carboxylic acids is 2. The van der Waals surface area contributed by atoms with Crippen LogP contribution < -0.4 is 11.1 Å². The van der Waals surface area contributed by atoms with E-state index in [0.717, 1.165) is 6.54 Å². The summed E-state index contributed by atoms with van der Waals surface area (Å²) >= 11 is 0. The van der Waals surface area contributed by atoms with Crippen molar-refractivity contribution >= 4 is 11.8 Å². The summed E-state index contributed by atoms with van der Waals surface area (Å²) in [5, 5.41) is 2.78. The molecule has 1 atom stereocenters. The average Bonchev–Trinajstić information content (AvgIpc) is 2.13. The van der Waals surface area contributed by atoms with Crippen LogP contribution in [0.5, 0.6) is 0 Å². The standard InChI is InChI=1S/C10H21N3O2/c1-8(10(11)15)4-5-9(14)12-6-7-13(2)3/h8H,4-7H2,1-3H3,(H2,11,15)(H,12,14)/t8-/m0/s1. The molecule has 5 nitrogen and oxygen atoms in total. The van der Waals surface area contributed by atoms with E-state index in [1.165, 1.54) is 0 Å². The van der Waals surface area contributed by atoms with E-state index in [1.807, 2.05) is 19.0 Å². The van der Waals surface area contributed by atoms with Gasteiger partial charge < -0.3 is 16.0 Å². The molecule has 0 fully saturated rings. The first-order valence-corrected chi connectivity index (χ1v) is 5.14. The molecule has 0 aliphatic carbocycles. The Hall–Kier alpha value is -1.10. The predicted molar refractivity (Wildman–Crippen MR) is 59.2 cm³/mol. The first-order chi connectivity index (χ1) is 6.93. The smallest absolute Gasteiger partial charge is 0.220 e. The van der Waals surface area contributed by atoms with Gasteiger partial charge in [-0.1, -0.05) is 6.92 Å². The van der Waals surface area contributed by atoms with Gasteiger partial charge in [0, 0.05) is 25.4 Å². The molecule has 15 heavy (non-hydrogen) atoms. The number of nitrogens with one attached hydrogen (secondary N) is 1. The lowest BCUT2D eigenvalue weighted by Gasteiger charge is -2.11. The molecule has 0 bridgehead atoms. The van der Waals surface area contributed by atoms with Crippen LogP contribution in [-0.4, -0.2) is 43.9 Å². The van der Waals surface area contributed by atoms with Gasteiger partial charge in [-0.3, -0.25) is 9.59 Å². The molecule has 2 amide bonds. The van der Waals surface area contributed by atoms with Gasteiger partial charge in [-0.15, -0.1) is 0 Å². The second kappa shape index (κ2) is 7.23. The van der Waals surface area contributed by atoms with Crippen LogP contribution in [0.3, 0.4) is 0 Å². The molecule has 3 N–H and O–H groups in total. The maximum Gasteiger partial charge on any atom is 0.220 e. The Morgan fingerprint density at radius 3 is 2.47 bits per heavy atom. The molecule has 88 valence electrons. The Bertz CT molecular complexity index is 217. The number of nitrogens with zero attached hydrogens (tertiary/aromatic N) is 1. The van der Waals surface area contributed by atoms with Crippen molar-refractivity contribution < 1.29 is 9.59 Å². The van der Waals surface area contributed by atoms with Crippen molar-refractivity contribution in [2.75, 3.05) is 27.2 Å². The van der Waals surface area contributed by atoms with Crippen LogP contribution in [0.2, 0.25) is 0 Å². The lowest BCUT2D eigenvalue weighted by molar-refractivity contribution is -0.123. The van der Waals surface area contributed by atoms with E-state index in [4.69, 9.17) is 5.73 Å². The zero-order chi connectivity index (χ0) is 11.8. The van der Waals surface area contributed by atoms with Crippen LogP contribution in [0.25, 0.3) is 0 Å². The van der Waals surface area contributed by atoms with Crippen LogP contribution in [0.1, 0.15) is 19.8 Å². The zero-order valence-corrected chi connectivity index (χ0v) is 9.75. The fourth-order valence-corrected chi connectivity index (χ4v) is 0.997. The topological polar surface area (TPSA) is 75.4 Å². The molecular formula is C10H21N3O2. The summed E-state index contributed by atoms with van der Waals surface area (Å²) in [5.41, 5.74) is 5.08. The van der Waals surface area contributed by atoms with Gasteiger partial charge in [0.25, 0.3) is 0 Å². The lowest BCUT2D eigenvalue weighted by atomic mass is 10.1. The van der Waals surface area contributed by atoms with E-state index < -0.39 is 0 Å². The molecule has 0 saturated carbocycles. The minimum Gasteiger partial charge on any atom is -0.369 e. The predicted octanol–water partition coefficient (Wildman–Crippen LogP) is -0.434. The van der Waals surface area contributed by atoms with E-state index >= 15 is 0 Å². The van der Waals surface area contributed by atoms with Gasteiger partial charge in [-0.05, 0) is 20.5 Å². The van der Waals surface area contributed by atoms with Crippen molar-refractivity contribution in [2.24, 2.45) is 11.7 Å². The van der Waals surface area contributed by atoms with Crippen LogP contribution in [-0.2, 0) is 9.59 Å². The monoisotopic (exact) mass is 215 g/mol. The van der Waals surface area contributed by atoms with Gasteiger partial charge in [-0.25, -0.2) is 0 Å². The molecule has 0 saturated heterocycles. The van der Waals surface area contributed by atoms with Crippen molar-refractivity contribution in [1.82, 2.24) is 10.2 Å². The Kier molecular flexibility index (Phi) is 6.70. The van der Waals surface area contributed by atoms with Crippen molar-refractivity contribution in [3.05, 3.63) is 0 Å². The van der Waals surface area contributed by atoms with Gasteiger partial charge in [0.05, 0.1) is 0 Å². The highest BCUT2D eigenvalue weighted by atomic mass is 16.2. The SMILES string of the molecule is C[C@@H](CCC(=O)NCCN(C)C)C(N)=O. The van der Waals surface area contributed by atoms with E-state index in [0.29, 0.717) is 19.4 Å². The number of carbonyl (C=O) groups is 2. The van der Waals surface area contributed by atoms with Crippen molar-refractivity contribution in [1.29, 1.82) is 0 Å². The van der Waals surface area contributed by atoms with Gasteiger partial charge in [0.1, 0.15) is 0 Å². The number of primary amides is 1. The third kappa shape index (κ3) is 7.93. The average molecular weight is 215 g/mol. The summed E-state index contributed by atoms with van der Waals surface area (Å²) < 4.78 is 0. The molecule has 0 spiro atoms. The fourth-order valence-electron chi connectivity index (χ4n) is 0.997. The third-order valence-electron chi connectivity index (χ3n) is 2.17. The normalized spacial score (nSPS) is 12.5. The Morgan fingerprint density at radius 2 is 2.00 bits per heavy atom. The van der Waals surface area contributed by atoms with Crippen molar-refractivity contribution in [3.8, 4) is 0 Å². The highest BCUT2D eigenvalue weighted by Gasteiger charge is 2.10. The first-order valence-electron chi connectivity index (χ1n) is 5.14. The number of likely N-dealkylation sites (N-methyl/N-ethyl adjacent to an activating group) is 1. The van der Waals surface area contributed by atoms with E-state index in [2.05, 4.69) is 5.32 Å². The van der Waals surface area contributed by atoms with Gasteiger partial charge in [0.15, 0.2) is 0 Å². The number of hydrogen-bond acceptors (Lipinski definition) is 3. The summed E-state index contributed by atoms with van der Waals surface area (Å²) in [6.45, 7) is 3.18. The van der Waals surface area contributed by atoms with Gasteiger partial charge >= 0.3 is 0 Å². The van der Waals surface area contributed by atoms with E-state index in [9.17, 15) is 9.59 Å². The summed E-state index contributed by atoms with van der Waals surface area (Å²) in [5.74, 6) is -0.606. The van der Waals surface area contributed by atoms with E-state index in [-0.39, 0.29) is 17.7 Å². The maximum absolute atomic E-state index is 11.3. The Morgan fingerprint density at radius 1 is 1.40 bits per heavy atom. The quantitative estimate of drug-likeness (QED) is 0.605. The van der Waals surface area contributed by atoms with Crippen LogP contribution >= 0.6 is 0 Å². The molecule has 5 heteroatoms. The van der Waals surface area contributed by atoms with Crippen LogP contribution in [0.15, 0.2) is 0 Å². The van der Waals surface area contributed by atoms with E-state index in [1.54, 1.807) is 6.92 Å². The molecule has 0 radical (unpaired) electrons. The molecule has 0 aromatic carbocycles. The minimum absolute atomic E-state index is 0.0232. The second-order valence-corrected chi connectivity index (χ2v) is 4.00. The summed E-state index contributed by atoms with van der Waals surface area (Å²) in [4.78, 5) is 24.0. The first kappa shape index (κ1) is 13.9. The number of rotatable bonds is 7. The molecule has 0 unspecified atom stereocenters. The molecular weight excluding hydrogens is 194 g/mol. The molecule has 0 aliphatic rings. The summed E-state index contributed by atoms with van der Waals surface area (Å²) in [6.07, 6.45) is 0.876. The molecule has 0 heterocycles. The van der Waals surface area contributed by atoms with Crippen LogP contribution in [0, 0.1) is 5.92 Å². The Labute approximate surface area is 91.0 Å². The highest BCUT2D eigenvalue weighted by molar-refractivity contribution is 5.79. The molecule has 0 aliphatic heterocycles. The van der Waals surface area contributed by atoms with Crippen molar-refractivity contribution in [2.45, 2.75) is 19.8 Å². The Balaban J connectivity index is 3.53. The fraction of sp³-hybridized carbons (Fsp3) is 0.800. The van der Waals surface area contributed by atoms with Gasteiger partial charge in [0.2, 0.25) is 11.8 Å². The number of nitrogens with two attached hydrogens (primary N) is 1. The van der Waals surface area contributed by atoms with Crippen molar-refractivity contribution in [3.63, 3.8) is 0 Å². The second-order valence-electron chi connectivity index (χ2n) is 4.00. The zero-order valence-electron chi connectivity index (χ0n) is 9.75.